The van der Waals surface area contributed by atoms with Gasteiger partial charge in [0.15, 0.2) is 0 Å². The third kappa shape index (κ3) is 7.03. The molecule has 0 spiro atoms. The van der Waals surface area contributed by atoms with E-state index < -0.39 is 33.7 Å². The highest BCUT2D eigenvalue weighted by molar-refractivity contribution is 7.89. The van der Waals surface area contributed by atoms with Gasteiger partial charge in [0.25, 0.3) is 0 Å². The Morgan fingerprint density at radius 3 is 2.23 bits per heavy atom. The average molecular weight is 498 g/mol. The Morgan fingerprint density at radius 2 is 1.57 bits per heavy atom. The van der Waals surface area contributed by atoms with Crippen molar-refractivity contribution >= 4 is 38.5 Å². The molecule has 0 bridgehead atoms. The second-order valence-corrected chi connectivity index (χ2v) is 10.8. The fourth-order valence-corrected chi connectivity index (χ4v) is 4.88. The van der Waals surface area contributed by atoms with Crippen molar-refractivity contribution in [2.45, 2.75) is 50.7 Å². The molecule has 0 saturated heterocycles. The number of carbonyl (C=O) groups is 2. The van der Waals surface area contributed by atoms with Gasteiger partial charge in [0.1, 0.15) is 11.6 Å². The van der Waals surface area contributed by atoms with Crippen molar-refractivity contribution in [3.8, 4) is 0 Å². The number of alkyl carbamates (subject to hydrolysis) is 1. The number of benzene rings is 3. The molecule has 35 heavy (non-hydrogen) atoms. The molecule has 3 N–H and O–H groups in total. The van der Waals surface area contributed by atoms with Crippen LogP contribution in [0.2, 0.25) is 0 Å². The van der Waals surface area contributed by atoms with Gasteiger partial charge in [-0.25, -0.2) is 17.9 Å². The van der Waals surface area contributed by atoms with Crippen molar-refractivity contribution in [3.05, 3.63) is 72.3 Å². The van der Waals surface area contributed by atoms with Crippen LogP contribution in [-0.2, 0) is 26.0 Å². The van der Waals surface area contributed by atoms with Crippen LogP contribution >= 0.6 is 0 Å². The predicted octanol–water partition coefficient (Wildman–Crippen LogP) is 4.21. The lowest BCUT2D eigenvalue weighted by atomic mass is 10.0. The zero-order chi connectivity index (χ0) is 25.6. The van der Waals surface area contributed by atoms with Crippen molar-refractivity contribution in [3.63, 3.8) is 0 Å². The zero-order valence-corrected chi connectivity index (χ0v) is 21.1. The molecule has 3 aromatic rings. The molecule has 1 unspecified atom stereocenters. The van der Waals surface area contributed by atoms with Crippen molar-refractivity contribution in [2.75, 3.05) is 11.9 Å². The third-order valence-corrected chi connectivity index (χ3v) is 6.66. The number of fused-ring (bicyclic) bond motifs is 1. The first kappa shape index (κ1) is 26.2. The molecule has 1 atom stereocenters. The Labute approximate surface area is 206 Å². The van der Waals surface area contributed by atoms with Crippen molar-refractivity contribution in [1.29, 1.82) is 0 Å². The summed E-state index contributed by atoms with van der Waals surface area (Å²) in [4.78, 5) is 25.9. The topological polar surface area (TPSA) is 114 Å². The molecule has 0 aliphatic heterocycles. The van der Waals surface area contributed by atoms with Crippen LogP contribution in [0, 0.1) is 0 Å². The Morgan fingerprint density at radius 1 is 0.914 bits per heavy atom. The molecule has 0 heterocycles. The summed E-state index contributed by atoms with van der Waals surface area (Å²) in [6, 6.07) is 18.3. The van der Waals surface area contributed by atoms with Crippen molar-refractivity contribution < 1.29 is 22.7 Å². The standard InChI is InChI=1S/C26H31N3O5S/c1-5-27-35(32,33)23-16-10-13-19-20(23)14-9-15-21(19)28-24(30)22(17-18-11-7-6-8-12-18)29-25(31)34-26(2,3)4/h6-16,22,27H,5,17H2,1-4H3,(H,28,30)(H,29,31). The highest BCUT2D eigenvalue weighted by atomic mass is 32.2. The molecule has 0 radical (unpaired) electrons. The molecule has 2 amide bonds. The molecule has 0 aliphatic carbocycles. The Kier molecular flexibility index (Phi) is 8.14. The van der Waals surface area contributed by atoms with Crippen molar-refractivity contribution in [2.24, 2.45) is 0 Å². The molecule has 0 aliphatic rings. The van der Waals surface area contributed by atoms with Gasteiger partial charge in [0.2, 0.25) is 15.9 Å². The van der Waals surface area contributed by atoms with Gasteiger partial charge in [-0.2, -0.15) is 0 Å². The van der Waals surface area contributed by atoms with Crippen LogP contribution in [0.3, 0.4) is 0 Å². The predicted molar refractivity (Wildman–Crippen MR) is 137 cm³/mol. The van der Waals surface area contributed by atoms with Crippen LogP contribution in [0.4, 0.5) is 10.5 Å². The monoisotopic (exact) mass is 497 g/mol. The first-order valence-electron chi connectivity index (χ1n) is 11.4. The Bertz CT molecular complexity index is 1300. The highest BCUT2D eigenvalue weighted by Gasteiger charge is 2.26. The number of hydrogen-bond acceptors (Lipinski definition) is 5. The minimum Gasteiger partial charge on any atom is -0.444 e. The molecule has 0 aromatic heterocycles. The number of amides is 2. The summed E-state index contributed by atoms with van der Waals surface area (Å²) in [7, 11) is -3.71. The summed E-state index contributed by atoms with van der Waals surface area (Å²) in [6.07, 6.45) is -0.456. The van der Waals surface area contributed by atoms with E-state index in [0.29, 0.717) is 16.5 Å². The Hall–Kier alpha value is -3.43. The summed E-state index contributed by atoms with van der Waals surface area (Å²) in [5.74, 6) is -0.452. The molecular weight excluding hydrogens is 466 g/mol. The smallest absolute Gasteiger partial charge is 0.408 e. The van der Waals surface area contributed by atoms with E-state index in [1.54, 1.807) is 58.0 Å². The quantitative estimate of drug-likeness (QED) is 0.431. The summed E-state index contributed by atoms with van der Waals surface area (Å²) >= 11 is 0. The largest absolute Gasteiger partial charge is 0.444 e. The van der Waals surface area contributed by atoms with Gasteiger partial charge in [-0.3, -0.25) is 4.79 Å². The average Bonchev–Trinajstić information content (AvgIpc) is 2.78. The Balaban J connectivity index is 1.92. The van der Waals surface area contributed by atoms with Gasteiger partial charge in [-0.15, -0.1) is 0 Å². The fraction of sp³-hybridized carbons (Fsp3) is 0.308. The van der Waals surface area contributed by atoms with Gasteiger partial charge in [0, 0.05) is 29.4 Å². The molecule has 0 fully saturated rings. The van der Waals surface area contributed by atoms with E-state index in [1.807, 2.05) is 30.3 Å². The van der Waals surface area contributed by atoms with E-state index in [2.05, 4.69) is 15.4 Å². The van der Waals surface area contributed by atoms with Gasteiger partial charge in [-0.1, -0.05) is 61.5 Å². The molecule has 8 nitrogen and oxygen atoms in total. The summed E-state index contributed by atoms with van der Waals surface area (Å²) in [6.45, 7) is 7.20. The van der Waals surface area contributed by atoms with E-state index >= 15 is 0 Å². The number of rotatable bonds is 8. The van der Waals surface area contributed by atoms with E-state index in [4.69, 9.17) is 4.74 Å². The lowest BCUT2D eigenvalue weighted by Gasteiger charge is -2.23. The number of hydrogen-bond donors (Lipinski definition) is 3. The van der Waals surface area contributed by atoms with Crippen LogP contribution in [-0.4, -0.2) is 38.6 Å². The van der Waals surface area contributed by atoms with Gasteiger partial charge >= 0.3 is 6.09 Å². The lowest BCUT2D eigenvalue weighted by Crippen LogP contribution is -2.47. The zero-order valence-electron chi connectivity index (χ0n) is 20.3. The van der Waals surface area contributed by atoms with Gasteiger partial charge in [0.05, 0.1) is 4.90 Å². The molecule has 3 aromatic carbocycles. The van der Waals surface area contributed by atoms with Gasteiger partial charge in [-0.05, 0) is 38.5 Å². The second kappa shape index (κ2) is 10.9. The maximum atomic E-state index is 13.3. The maximum Gasteiger partial charge on any atom is 0.408 e. The van der Waals surface area contributed by atoms with Crippen molar-refractivity contribution in [1.82, 2.24) is 10.0 Å². The van der Waals surface area contributed by atoms with Crippen LogP contribution in [0.1, 0.15) is 33.3 Å². The van der Waals surface area contributed by atoms with Crippen LogP contribution in [0.15, 0.2) is 71.6 Å². The van der Waals surface area contributed by atoms with Crippen LogP contribution < -0.4 is 15.4 Å². The first-order valence-corrected chi connectivity index (χ1v) is 12.8. The molecule has 3 rings (SSSR count). The number of nitrogens with one attached hydrogen (secondary N) is 3. The summed E-state index contributed by atoms with van der Waals surface area (Å²) in [5, 5.41) is 6.57. The molecule has 186 valence electrons. The highest BCUT2D eigenvalue weighted by Crippen LogP contribution is 2.29. The molecule has 9 heteroatoms. The number of anilines is 1. The number of sulfonamides is 1. The van der Waals surface area contributed by atoms with Crippen LogP contribution in [0.25, 0.3) is 10.8 Å². The fourth-order valence-electron chi connectivity index (χ4n) is 3.62. The second-order valence-electron chi connectivity index (χ2n) is 9.04. The van der Waals surface area contributed by atoms with Crippen LogP contribution in [0.5, 0.6) is 0 Å². The number of carbonyl (C=O) groups excluding carboxylic acids is 2. The van der Waals surface area contributed by atoms with Gasteiger partial charge < -0.3 is 15.4 Å². The SMILES string of the molecule is CCNS(=O)(=O)c1cccc2c(NC(=O)C(Cc3ccccc3)NC(=O)OC(C)(C)C)cccc12. The minimum atomic E-state index is -3.71. The van der Waals surface area contributed by atoms with E-state index in [-0.39, 0.29) is 17.9 Å². The normalized spacial score (nSPS) is 12.7. The molecule has 0 saturated carbocycles. The maximum absolute atomic E-state index is 13.3. The summed E-state index contributed by atoms with van der Waals surface area (Å²) in [5.41, 5.74) is 0.577. The van der Waals surface area contributed by atoms with E-state index in [9.17, 15) is 18.0 Å². The number of ether oxygens (including phenoxy) is 1. The third-order valence-electron chi connectivity index (χ3n) is 5.05. The first-order chi connectivity index (χ1) is 16.5. The van der Waals surface area contributed by atoms with E-state index in [1.165, 1.54) is 6.07 Å². The van der Waals surface area contributed by atoms with E-state index in [0.717, 1.165) is 5.56 Å². The lowest BCUT2D eigenvalue weighted by molar-refractivity contribution is -0.118. The minimum absolute atomic E-state index is 0.126. The molecular formula is C26H31N3O5S. The summed E-state index contributed by atoms with van der Waals surface area (Å²) < 4.78 is 33.2.